The Morgan fingerprint density at radius 1 is 0.864 bits per heavy atom. The van der Waals surface area contributed by atoms with Crippen molar-refractivity contribution in [3.05, 3.63) is 130 Å². The minimum Gasteiger partial charge on any atom is -0.354 e. The molecule has 0 aliphatic heterocycles. The number of anilines is 1. The van der Waals surface area contributed by atoms with Gasteiger partial charge in [0.2, 0.25) is 11.8 Å². The minimum atomic E-state index is -4.22. The number of aryl methyl sites for hydroxylation is 1. The Morgan fingerprint density at radius 2 is 1.55 bits per heavy atom. The van der Waals surface area contributed by atoms with Crippen molar-refractivity contribution in [3.63, 3.8) is 0 Å². The van der Waals surface area contributed by atoms with Crippen LogP contribution in [0, 0.1) is 6.92 Å². The van der Waals surface area contributed by atoms with E-state index in [2.05, 4.69) is 5.32 Å². The number of hydrogen-bond donors (Lipinski definition) is 1. The van der Waals surface area contributed by atoms with Gasteiger partial charge in [0.1, 0.15) is 12.6 Å². The monoisotopic (exact) mass is 651 g/mol. The first kappa shape index (κ1) is 33.1. The van der Waals surface area contributed by atoms with Crippen molar-refractivity contribution in [2.45, 2.75) is 44.2 Å². The van der Waals surface area contributed by atoms with E-state index in [1.165, 1.54) is 23.1 Å². The second kappa shape index (κ2) is 15.2. The molecule has 0 bridgehead atoms. The maximum atomic E-state index is 14.4. The molecule has 230 valence electrons. The Kier molecular flexibility index (Phi) is 11.4. The third kappa shape index (κ3) is 8.40. The van der Waals surface area contributed by atoms with Crippen molar-refractivity contribution in [2.24, 2.45) is 0 Å². The fraction of sp³-hybridized carbons (Fsp3) is 0.235. The van der Waals surface area contributed by atoms with E-state index in [1.54, 1.807) is 54.6 Å². The van der Waals surface area contributed by atoms with Gasteiger partial charge in [0.25, 0.3) is 10.0 Å². The minimum absolute atomic E-state index is 0.0104. The first-order valence-corrected chi connectivity index (χ1v) is 16.5. The Hall–Kier alpha value is -3.85. The normalized spacial score (nSPS) is 11.9. The van der Waals surface area contributed by atoms with Gasteiger partial charge in [-0.15, -0.1) is 0 Å². The molecular weight excluding hydrogens is 617 g/mol. The van der Waals surface area contributed by atoms with Gasteiger partial charge in [0.15, 0.2) is 0 Å². The van der Waals surface area contributed by atoms with E-state index in [0.29, 0.717) is 28.6 Å². The van der Waals surface area contributed by atoms with Crippen LogP contribution >= 0.6 is 23.2 Å². The molecule has 0 fully saturated rings. The van der Waals surface area contributed by atoms with Crippen LogP contribution in [0.25, 0.3) is 0 Å². The highest BCUT2D eigenvalue weighted by atomic mass is 35.5. The van der Waals surface area contributed by atoms with Gasteiger partial charge in [-0.3, -0.25) is 13.9 Å². The zero-order chi connectivity index (χ0) is 31.7. The quantitative estimate of drug-likeness (QED) is 0.175. The summed E-state index contributed by atoms with van der Waals surface area (Å²) in [7, 11) is -4.22. The lowest BCUT2D eigenvalue weighted by Gasteiger charge is -2.34. The zero-order valence-electron chi connectivity index (χ0n) is 24.6. The number of nitrogens with zero attached hydrogens (tertiary/aromatic N) is 2. The number of nitrogens with one attached hydrogen (secondary N) is 1. The van der Waals surface area contributed by atoms with E-state index in [4.69, 9.17) is 23.2 Å². The van der Waals surface area contributed by atoms with Gasteiger partial charge in [-0.1, -0.05) is 102 Å². The van der Waals surface area contributed by atoms with Gasteiger partial charge in [-0.25, -0.2) is 8.42 Å². The SMILES string of the molecule is CCCNC(=O)[C@@H](Cc1ccccc1)N(Cc1ccccc1Cl)C(=O)CN(c1cccc(Cl)c1)S(=O)(=O)c1ccc(C)cc1. The lowest BCUT2D eigenvalue weighted by molar-refractivity contribution is -0.140. The molecule has 0 radical (unpaired) electrons. The number of rotatable bonds is 13. The van der Waals surface area contributed by atoms with E-state index in [0.717, 1.165) is 15.4 Å². The first-order valence-electron chi connectivity index (χ1n) is 14.3. The molecule has 4 rings (SSSR count). The van der Waals surface area contributed by atoms with Gasteiger partial charge in [-0.2, -0.15) is 0 Å². The fourth-order valence-corrected chi connectivity index (χ4v) is 6.51. The van der Waals surface area contributed by atoms with Crippen molar-refractivity contribution in [1.82, 2.24) is 10.2 Å². The Balaban J connectivity index is 1.80. The third-order valence-electron chi connectivity index (χ3n) is 7.10. The second-order valence-corrected chi connectivity index (χ2v) is 13.1. The summed E-state index contributed by atoms with van der Waals surface area (Å²) in [6.45, 7) is 3.64. The summed E-state index contributed by atoms with van der Waals surface area (Å²) in [6.07, 6.45) is 0.925. The molecule has 2 amide bonds. The molecule has 0 aromatic heterocycles. The molecule has 0 saturated carbocycles. The van der Waals surface area contributed by atoms with Crippen LogP contribution in [0.1, 0.15) is 30.0 Å². The van der Waals surface area contributed by atoms with E-state index < -0.39 is 28.5 Å². The Bertz CT molecular complexity index is 1680. The summed E-state index contributed by atoms with van der Waals surface area (Å²) in [4.78, 5) is 29.6. The molecule has 44 heavy (non-hydrogen) atoms. The summed E-state index contributed by atoms with van der Waals surface area (Å²) >= 11 is 12.8. The molecule has 4 aromatic rings. The van der Waals surface area contributed by atoms with Crippen LogP contribution in [0.15, 0.2) is 108 Å². The highest BCUT2D eigenvalue weighted by Gasteiger charge is 2.34. The lowest BCUT2D eigenvalue weighted by atomic mass is 10.0. The molecule has 0 saturated heterocycles. The largest absolute Gasteiger partial charge is 0.354 e. The standard InChI is InChI=1S/C34H35Cl2N3O4S/c1-3-20-37-34(41)32(21-26-10-5-4-6-11-26)38(23-27-12-7-8-15-31(27)36)33(40)24-39(29-14-9-13-28(35)22-29)44(42,43)30-18-16-25(2)17-19-30/h4-19,22,32H,3,20-21,23-24H2,1-2H3,(H,37,41)/t32-/m1/s1. The molecule has 0 spiro atoms. The third-order valence-corrected chi connectivity index (χ3v) is 9.49. The van der Waals surface area contributed by atoms with Crippen LogP contribution in [0.4, 0.5) is 5.69 Å². The summed E-state index contributed by atoms with van der Waals surface area (Å²) in [6, 6.07) is 28.2. The van der Waals surface area contributed by atoms with Gasteiger partial charge in [0, 0.05) is 29.6 Å². The predicted molar refractivity (Wildman–Crippen MR) is 176 cm³/mol. The van der Waals surface area contributed by atoms with Crippen molar-refractivity contribution < 1.29 is 18.0 Å². The van der Waals surface area contributed by atoms with E-state index >= 15 is 0 Å². The topological polar surface area (TPSA) is 86.8 Å². The van der Waals surface area contributed by atoms with Gasteiger partial charge >= 0.3 is 0 Å². The number of sulfonamides is 1. The molecule has 0 aliphatic carbocycles. The number of amides is 2. The maximum Gasteiger partial charge on any atom is 0.264 e. The highest BCUT2D eigenvalue weighted by Crippen LogP contribution is 2.28. The molecule has 7 nitrogen and oxygen atoms in total. The molecule has 4 aromatic carbocycles. The van der Waals surface area contributed by atoms with Crippen molar-refractivity contribution in [2.75, 3.05) is 17.4 Å². The average molecular weight is 653 g/mol. The average Bonchev–Trinajstić information content (AvgIpc) is 3.01. The van der Waals surface area contributed by atoms with Crippen LogP contribution in [-0.4, -0.2) is 44.3 Å². The van der Waals surface area contributed by atoms with E-state index in [9.17, 15) is 18.0 Å². The van der Waals surface area contributed by atoms with Crippen molar-refractivity contribution >= 4 is 50.7 Å². The molecule has 0 aliphatic rings. The Morgan fingerprint density at radius 3 is 2.20 bits per heavy atom. The Labute approximate surface area is 269 Å². The number of halogens is 2. The molecule has 1 N–H and O–H groups in total. The smallest absolute Gasteiger partial charge is 0.264 e. The maximum absolute atomic E-state index is 14.4. The summed E-state index contributed by atoms with van der Waals surface area (Å²) in [5.74, 6) is -0.917. The van der Waals surface area contributed by atoms with E-state index in [-0.39, 0.29) is 29.5 Å². The van der Waals surface area contributed by atoms with Crippen LogP contribution < -0.4 is 9.62 Å². The van der Waals surface area contributed by atoms with Crippen LogP contribution in [-0.2, 0) is 32.6 Å². The molecule has 0 unspecified atom stereocenters. The van der Waals surface area contributed by atoms with Crippen LogP contribution in [0.2, 0.25) is 10.0 Å². The summed E-state index contributed by atoms with van der Waals surface area (Å²) in [5, 5.41) is 3.67. The number of benzene rings is 4. The lowest BCUT2D eigenvalue weighted by Crippen LogP contribution is -2.53. The summed E-state index contributed by atoms with van der Waals surface area (Å²) in [5.41, 5.74) is 2.58. The van der Waals surface area contributed by atoms with Crippen LogP contribution in [0.3, 0.4) is 0 Å². The van der Waals surface area contributed by atoms with Crippen molar-refractivity contribution in [3.8, 4) is 0 Å². The zero-order valence-corrected chi connectivity index (χ0v) is 26.9. The highest BCUT2D eigenvalue weighted by molar-refractivity contribution is 7.92. The van der Waals surface area contributed by atoms with Gasteiger partial charge < -0.3 is 10.2 Å². The number of carbonyl (C=O) groups is 2. The van der Waals surface area contributed by atoms with Gasteiger partial charge in [0.05, 0.1) is 10.6 Å². The molecule has 1 atom stereocenters. The van der Waals surface area contributed by atoms with Gasteiger partial charge in [-0.05, 0) is 60.9 Å². The molecule has 10 heteroatoms. The van der Waals surface area contributed by atoms with E-state index in [1.807, 2.05) is 44.2 Å². The number of carbonyl (C=O) groups excluding carboxylic acids is 2. The first-order chi connectivity index (χ1) is 21.1. The molecular formula is C34H35Cl2N3O4S. The number of hydrogen-bond acceptors (Lipinski definition) is 4. The summed E-state index contributed by atoms with van der Waals surface area (Å²) < 4.78 is 29.2. The fourth-order valence-electron chi connectivity index (χ4n) is 4.73. The van der Waals surface area contributed by atoms with Crippen LogP contribution in [0.5, 0.6) is 0 Å². The predicted octanol–water partition coefficient (Wildman–Crippen LogP) is 6.66. The van der Waals surface area contributed by atoms with Crippen molar-refractivity contribution in [1.29, 1.82) is 0 Å². The second-order valence-electron chi connectivity index (χ2n) is 10.4. The molecule has 0 heterocycles.